The molecule has 5 heteroatoms. The Morgan fingerprint density at radius 2 is 1.78 bits per heavy atom. The topological polar surface area (TPSA) is 63.4 Å². The van der Waals surface area contributed by atoms with Crippen molar-refractivity contribution in [3.8, 4) is 0 Å². The van der Waals surface area contributed by atoms with E-state index in [1.54, 1.807) is 0 Å². The molecule has 0 amide bonds. The lowest BCUT2D eigenvalue weighted by Gasteiger charge is -2.19. The lowest BCUT2D eigenvalue weighted by Crippen LogP contribution is -2.26. The number of sulfone groups is 1. The molecule has 0 heterocycles. The molecule has 4 nitrogen and oxygen atoms in total. The molecule has 102 valence electrons. The first-order valence-corrected chi connectivity index (χ1v) is 8.01. The minimum Gasteiger partial charge on any atom is -0.374 e. The normalized spacial score (nSPS) is 11.5. The molecule has 1 aromatic carbocycles. The fourth-order valence-electron chi connectivity index (χ4n) is 1.70. The molecule has 0 aliphatic rings. The number of anilines is 1. The predicted molar refractivity (Wildman–Crippen MR) is 76.5 cm³/mol. The van der Waals surface area contributed by atoms with Gasteiger partial charge in [-0.25, -0.2) is 8.42 Å². The van der Waals surface area contributed by atoms with E-state index in [0.717, 1.165) is 11.3 Å². The minimum atomic E-state index is -2.91. The fraction of sp³-hybridized carbons (Fsp3) is 0.538. The van der Waals surface area contributed by atoms with Crippen LogP contribution in [0.15, 0.2) is 24.3 Å². The number of benzene rings is 1. The van der Waals surface area contributed by atoms with Gasteiger partial charge in [0.25, 0.3) is 0 Å². The molecule has 0 aliphatic heterocycles. The van der Waals surface area contributed by atoms with Gasteiger partial charge in [-0.3, -0.25) is 0 Å². The van der Waals surface area contributed by atoms with Crippen molar-refractivity contribution in [1.29, 1.82) is 0 Å². The van der Waals surface area contributed by atoms with Gasteiger partial charge in [-0.15, -0.1) is 0 Å². The van der Waals surface area contributed by atoms with E-state index in [4.69, 9.17) is 5.73 Å². The lowest BCUT2D eigenvalue weighted by atomic mass is 10.2. The van der Waals surface area contributed by atoms with Crippen LogP contribution in [-0.4, -0.2) is 33.5 Å². The van der Waals surface area contributed by atoms with Crippen LogP contribution in [0.3, 0.4) is 0 Å². The van der Waals surface area contributed by atoms with Gasteiger partial charge in [0.2, 0.25) is 0 Å². The van der Waals surface area contributed by atoms with Gasteiger partial charge in [0, 0.05) is 31.6 Å². The summed E-state index contributed by atoms with van der Waals surface area (Å²) in [5.41, 5.74) is 7.62. The van der Waals surface area contributed by atoms with Gasteiger partial charge in [0.05, 0.1) is 5.75 Å². The minimum absolute atomic E-state index is 0.204. The van der Waals surface area contributed by atoms with E-state index in [-0.39, 0.29) is 11.5 Å². The van der Waals surface area contributed by atoms with Crippen LogP contribution in [0.5, 0.6) is 0 Å². The Bertz CT molecular complexity index is 454. The first-order valence-electron chi connectivity index (χ1n) is 6.19. The van der Waals surface area contributed by atoms with Crippen LogP contribution in [0.25, 0.3) is 0 Å². The van der Waals surface area contributed by atoms with Crippen LogP contribution >= 0.6 is 0 Å². The molecule has 0 bridgehead atoms. The third kappa shape index (κ3) is 4.66. The van der Waals surface area contributed by atoms with Crippen molar-refractivity contribution < 1.29 is 8.42 Å². The number of nitrogens with two attached hydrogens (primary N) is 1. The zero-order valence-electron chi connectivity index (χ0n) is 11.1. The second kappa shape index (κ2) is 6.75. The van der Waals surface area contributed by atoms with E-state index in [0.29, 0.717) is 19.5 Å². The Kier molecular flexibility index (Phi) is 5.62. The Morgan fingerprint density at radius 1 is 1.17 bits per heavy atom. The zero-order valence-corrected chi connectivity index (χ0v) is 11.9. The summed E-state index contributed by atoms with van der Waals surface area (Å²) >= 11 is 0. The molecule has 1 aromatic rings. The second-order valence-electron chi connectivity index (χ2n) is 4.44. The summed E-state index contributed by atoms with van der Waals surface area (Å²) in [4.78, 5) is 1.95. The van der Waals surface area contributed by atoms with Crippen LogP contribution in [0.2, 0.25) is 0 Å². The molecular formula is C13H22N2O2S. The van der Waals surface area contributed by atoms with Gasteiger partial charge >= 0.3 is 0 Å². The molecule has 0 aromatic heterocycles. The highest BCUT2D eigenvalue weighted by Crippen LogP contribution is 2.13. The van der Waals surface area contributed by atoms with Gasteiger partial charge in [-0.05, 0) is 24.1 Å². The Labute approximate surface area is 110 Å². The average Bonchev–Trinajstić information content (AvgIpc) is 2.36. The third-order valence-corrected chi connectivity index (χ3v) is 4.70. The summed E-state index contributed by atoms with van der Waals surface area (Å²) in [6, 6.07) is 7.86. The summed E-state index contributed by atoms with van der Waals surface area (Å²) < 4.78 is 23.2. The van der Waals surface area contributed by atoms with Crippen molar-refractivity contribution in [3.05, 3.63) is 29.8 Å². The smallest absolute Gasteiger partial charge is 0.152 e. The summed E-state index contributed by atoms with van der Waals surface area (Å²) in [6.07, 6.45) is 0.678. The standard InChI is InChI=1S/C13H22N2O2S/c1-3-9-18(16,17)10-8-15(2)13-6-4-12(11-14)5-7-13/h4-7H,3,8-11,14H2,1-2H3. The number of nitrogens with zero attached hydrogens (tertiary/aromatic N) is 1. The number of hydrogen-bond donors (Lipinski definition) is 1. The molecule has 0 radical (unpaired) electrons. The lowest BCUT2D eigenvalue weighted by molar-refractivity contribution is 0.594. The number of rotatable bonds is 7. The van der Waals surface area contributed by atoms with Gasteiger partial charge in [-0.2, -0.15) is 0 Å². The average molecular weight is 270 g/mol. The van der Waals surface area contributed by atoms with Crippen molar-refractivity contribution in [3.63, 3.8) is 0 Å². The maximum atomic E-state index is 11.6. The summed E-state index contributed by atoms with van der Waals surface area (Å²) in [7, 11) is -1.01. The highest BCUT2D eigenvalue weighted by atomic mass is 32.2. The van der Waals surface area contributed by atoms with E-state index in [9.17, 15) is 8.42 Å². The SMILES string of the molecule is CCCS(=O)(=O)CCN(C)c1ccc(CN)cc1. The quantitative estimate of drug-likeness (QED) is 0.813. The maximum Gasteiger partial charge on any atom is 0.152 e. The van der Waals surface area contributed by atoms with Gasteiger partial charge in [0.1, 0.15) is 0 Å². The Hall–Kier alpha value is -1.07. The van der Waals surface area contributed by atoms with Crippen molar-refractivity contribution in [2.45, 2.75) is 19.9 Å². The largest absolute Gasteiger partial charge is 0.374 e. The molecule has 0 saturated heterocycles. The monoisotopic (exact) mass is 270 g/mol. The van der Waals surface area contributed by atoms with Crippen LogP contribution in [0, 0.1) is 0 Å². The second-order valence-corrected chi connectivity index (χ2v) is 6.75. The van der Waals surface area contributed by atoms with E-state index < -0.39 is 9.84 Å². The summed E-state index contributed by atoms with van der Waals surface area (Å²) in [5.74, 6) is 0.475. The molecule has 1 rings (SSSR count). The van der Waals surface area contributed by atoms with Crippen molar-refractivity contribution in [2.24, 2.45) is 5.73 Å². The van der Waals surface area contributed by atoms with Gasteiger partial charge < -0.3 is 10.6 Å². The van der Waals surface area contributed by atoms with Crippen LogP contribution < -0.4 is 10.6 Å². The fourth-order valence-corrected chi connectivity index (χ4v) is 3.08. The third-order valence-electron chi connectivity index (χ3n) is 2.87. The van der Waals surface area contributed by atoms with Crippen LogP contribution in [0.4, 0.5) is 5.69 Å². The van der Waals surface area contributed by atoms with Crippen LogP contribution in [-0.2, 0) is 16.4 Å². The molecule has 0 atom stereocenters. The first-order chi connectivity index (χ1) is 8.48. The number of hydrogen-bond acceptors (Lipinski definition) is 4. The molecule has 0 unspecified atom stereocenters. The van der Waals surface area contributed by atoms with E-state index >= 15 is 0 Å². The molecule has 0 fully saturated rings. The maximum absolute atomic E-state index is 11.6. The zero-order chi connectivity index (χ0) is 13.6. The molecule has 2 N–H and O–H groups in total. The Balaban J connectivity index is 2.57. The molecule has 0 spiro atoms. The van der Waals surface area contributed by atoms with Crippen LogP contribution in [0.1, 0.15) is 18.9 Å². The Morgan fingerprint density at radius 3 is 2.28 bits per heavy atom. The molecule has 0 aliphatic carbocycles. The van der Waals surface area contributed by atoms with Gasteiger partial charge in [-0.1, -0.05) is 19.1 Å². The van der Waals surface area contributed by atoms with Gasteiger partial charge in [0.15, 0.2) is 9.84 Å². The van der Waals surface area contributed by atoms with Crippen molar-refractivity contribution >= 4 is 15.5 Å². The van der Waals surface area contributed by atoms with E-state index in [1.807, 2.05) is 43.1 Å². The molecule has 18 heavy (non-hydrogen) atoms. The summed E-state index contributed by atoms with van der Waals surface area (Å²) in [5, 5.41) is 0. The predicted octanol–water partition coefficient (Wildman–Crippen LogP) is 1.41. The van der Waals surface area contributed by atoms with Crippen molar-refractivity contribution in [1.82, 2.24) is 0 Å². The van der Waals surface area contributed by atoms with E-state index in [2.05, 4.69) is 0 Å². The first kappa shape index (κ1) is 15.0. The molecule has 0 saturated carbocycles. The highest BCUT2D eigenvalue weighted by molar-refractivity contribution is 7.91. The molecular weight excluding hydrogens is 248 g/mol. The van der Waals surface area contributed by atoms with Crippen molar-refractivity contribution in [2.75, 3.05) is 30.0 Å². The summed E-state index contributed by atoms with van der Waals surface area (Å²) in [6.45, 7) is 2.92. The van der Waals surface area contributed by atoms with E-state index in [1.165, 1.54) is 0 Å². The highest BCUT2D eigenvalue weighted by Gasteiger charge is 2.11.